The van der Waals surface area contributed by atoms with E-state index in [0.29, 0.717) is 18.5 Å². The minimum atomic E-state index is 0.408. The fraction of sp³-hybridized carbons (Fsp3) is 0.889. The van der Waals surface area contributed by atoms with Gasteiger partial charge in [-0.3, -0.25) is 4.79 Å². The molecule has 0 spiro atoms. The van der Waals surface area contributed by atoms with Crippen LogP contribution >= 0.6 is 0 Å². The molecule has 0 amide bonds. The number of fused-ring (bicyclic) bond motifs is 2. The van der Waals surface area contributed by atoms with E-state index >= 15 is 0 Å². The molecule has 0 N–H and O–H groups in total. The molecule has 2 aliphatic rings. The fourth-order valence-corrected chi connectivity index (χ4v) is 2.72. The summed E-state index contributed by atoms with van der Waals surface area (Å²) in [5.74, 6) is 0.949. The predicted octanol–water partition coefficient (Wildman–Crippen LogP) is 1.74. The van der Waals surface area contributed by atoms with Crippen LogP contribution in [0.15, 0.2) is 0 Å². The van der Waals surface area contributed by atoms with Crippen LogP contribution in [0.5, 0.6) is 0 Å². The summed E-state index contributed by atoms with van der Waals surface area (Å²) in [5, 5.41) is 0. The summed E-state index contributed by atoms with van der Waals surface area (Å²) in [5.41, 5.74) is 0.408. The highest BCUT2D eigenvalue weighted by Crippen LogP contribution is 2.53. The maximum Gasteiger partial charge on any atom is 0.293 e. The first kappa shape index (κ1) is 7.14. The minimum Gasteiger partial charge on any atom is -0.467 e. The molecule has 0 saturated heterocycles. The number of carbonyl (C=O) groups is 1. The zero-order valence-corrected chi connectivity index (χ0v) is 6.71. The lowest BCUT2D eigenvalue weighted by atomic mass is 9.85. The van der Waals surface area contributed by atoms with Crippen molar-refractivity contribution in [1.29, 1.82) is 0 Å². The molecule has 2 saturated carbocycles. The molecule has 2 rings (SSSR count). The van der Waals surface area contributed by atoms with Crippen LogP contribution in [0.4, 0.5) is 0 Å². The van der Waals surface area contributed by atoms with Crippen LogP contribution < -0.4 is 0 Å². The molecule has 2 heteroatoms. The molecule has 0 aromatic carbocycles. The van der Waals surface area contributed by atoms with Crippen LogP contribution in [0.1, 0.15) is 32.1 Å². The predicted molar refractivity (Wildman–Crippen MR) is 41.0 cm³/mol. The maximum absolute atomic E-state index is 10.0. The number of rotatable bonds is 3. The summed E-state index contributed by atoms with van der Waals surface area (Å²) in [6.07, 6.45) is 6.60. The lowest BCUT2D eigenvalue weighted by molar-refractivity contribution is -0.131. The molecule has 0 atom stereocenters. The molecule has 0 radical (unpaired) electrons. The van der Waals surface area contributed by atoms with Crippen molar-refractivity contribution >= 4 is 6.47 Å². The Hall–Kier alpha value is -0.530. The van der Waals surface area contributed by atoms with E-state index in [2.05, 4.69) is 0 Å². The van der Waals surface area contributed by atoms with Gasteiger partial charge < -0.3 is 4.74 Å². The van der Waals surface area contributed by atoms with Crippen molar-refractivity contribution in [3.63, 3.8) is 0 Å². The summed E-state index contributed by atoms with van der Waals surface area (Å²) < 4.78 is 4.86. The largest absolute Gasteiger partial charge is 0.467 e. The van der Waals surface area contributed by atoms with Gasteiger partial charge in [0, 0.05) is 5.41 Å². The van der Waals surface area contributed by atoms with Gasteiger partial charge in [-0.1, -0.05) is 0 Å². The summed E-state index contributed by atoms with van der Waals surface area (Å²) >= 11 is 0. The SMILES string of the molecule is O=COCC12CCC(CC1)C2. The molecule has 2 nitrogen and oxygen atoms in total. The standard InChI is InChI=1S/C9H14O2/c10-7-11-6-9-3-1-8(5-9)2-4-9/h7-8H,1-6H2. The second-order valence-corrected chi connectivity index (χ2v) is 4.05. The van der Waals surface area contributed by atoms with Crippen LogP contribution in [0.25, 0.3) is 0 Å². The van der Waals surface area contributed by atoms with Gasteiger partial charge in [0.15, 0.2) is 0 Å². The molecule has 0 aromatic rings. The topological polar surface area (TPSA) is 26.3 Å². The normalized spacial score (nSPS) is 40.9. The Balaban J connectivity index is 1.94. The highest BCUT2D eigenvalue weighted by atomic mass is 16.5. The monoisotopic (exact) mass is 154 g/mol. The third-order valence-corrected chi connectivity index (χ3v) is 3.35. The van der Waals surface area contributed by atoms with E-state index in [1.807, 2.05) is 0 Å². The molecule has 0 unspecified atom stereocenters. The molecule has 2 aliphatic carbocycles. The molecule has 0 aliphatic heterocycles. The number of ether oxygens (including phenoxy) is 1. The van der Waals surface area contributed by atoms with Gasteiger partial charge in [0.1, 0.15) is 0 Å². The highest BCUT2D eigenvalue weighted by Gasteiger charge is 2.45. The molecular weight excluding hydrogens is 140 g/mol. The van der Waals surface area contributed by atoms with Crippen LogP contribution in [0.2, 0.25) is 0 Å². The molecule has 2 fully saturated rings. The second-order valence-electron chi connectivity index (χ2n) is 4.05. The Kier molecular flexibility index (Phi) is 1.63. The highest BCUT2D eigenvalue weighted by molar-refractivity contribution is 5.37. The molecule has 62 valence electrons. The van der Waals surface area contributed by atoms with Crippen LogP contribution in [-0.4, -0.2) is 13.1 Å². The molecular formula is C9H14O2. The summed E-state index contributed by atoms with van der Waals surface area (Å²) in [4.78, 5) is 10.0. The van der Waals surface area contributed by atoms with Crippen molar-refractivity contribution in [3.05, 3.63) is 0 Å². The average molecular weight is 154 g/mol. The van der Waals surface area contributed by atoms with Crippen molar-refractivity contribution < 1.29 is 9.53 Å². The lowest BCUT2D eigenvalue weighted by Crippen LogP contribution is -2.20. The summed E-state index contributed by atoms with van der Waals surface area (Å²) in [6, 6.07) is 0. The Bertz CT molecular complexity index is 157. The first-order valence-corrected chi connectivity index (χ1v) is 4.40. The Morgan fingerprint density at radius 2 is 2.18 bits per heavy atom. The first-order valence-electron chi connectivity index (χ1n) is 4.40. The van der Waals surface area contributed by atoms with E-state index in [-0.39, 0.29) is 0 Å². The number of hydrogen-bond acceptors (Lipinski definition) is 2. The van der Waals surface area contributed by atoms with E-state index in [0.717, 1.165) is 5.92 Å². The zero-order chi connectivity index (χ0) is 7.73. The Morgan fingerprint density at radius 3 is 2.64 bits per heavy atom. The smallest absolute Gasteiger partial charge is 0.293 e. The number of hydrogen-bond donors (Lipinski definition) is 0. The van der Waals surface area contributed by atoms with Gasteiger partial charge in [-0.05, 0) is 38.0 Å². The van der Waals surface area contributed by atoms with Gasteiger partial charge in [-0.15, -0.1) is 0 Å². The van der Waals surface area contributed by atoms with Gasteiger partial charge in [0.2, 0.25) is 0 Å². The van der Waals surface area contributed by atoms with E-state index in [1.54, 1.807) is 0 Å². The van der Waals surface area contributed by atoms with E-state index in [9.17, 15) is 4.79 Å². The van der Waals surface area contributed by atoms with Gasteiger partial charge in [0.05, 0.1) is 6.61 Å². The molecule has 0 aromatic heterocycles. The van der Waals surface area contributed by atoms with Crippen molar-refractivity contribution in [2.45, 2.75) is 32.1 Å². The van der Waals surface area contributed by atoms with Crippen molar-refractivity contribution in [1.82, 2.24) is 0 Å². The molecule has 2 bridgehead atoms. The van der Waals surface area contributed by atoms with Crippen LogP contribution in [0, 0.1) is 11.3 Å². The minimum absolute atomic E-state index is 0.408. The van der Waals surface area contributed by atoms with Gasteiger partial charge in [-0.2, -0.15) is 0 Å². The van der Waals surface area contributed by atoms with Gasteiger partial charge in [0.25, 0.3) is 6.47 Å². The fourth-order valence-electron chi connectivity index (χ4n) is 2.72. The van der Waals surface area contributed by atoms with Crippen molar-refractivity contribution in [2.24, 2.45) is 11.3 Å². The summed E-state index contributed by atoms with van der Waals surface area (Å²) in [7, 11) is 0. The molecule has 11 heavy (non-hydrogen) atoms. The number of carbonyl (C=O) groups excluding carboxylic acids is 1. The quantitative estimate of drug-likeness (QED) is 0.579. The van der Waals surface area contributed by atoms with Crippen molar-refractivity contribution in [2.75, 3.05) is 6.61 Å². The van der Waals surface area contributed by atoms with E-state index in [1.165, 1.54) is 32.1 Å². The second kappa shape index (κ2) is 2.50. The first-order chi connectivity index (χ1) is 5.35. The Morgan fingerprint density at radius 1 is 1.45 bits per heavy atom. The van der Waals surface area contributed by atoms with Crippen LogP contribution in [0.3, 0.4) is 0 Å². The lowest BCUT2D eigenvalue weighted by Gasteiger charge is -2.24. The van der Waals surface area contributed by atoms with Gasteiger partial charge >= 0.3 is 0 Å². The third kappa shape index (κ3) is 1.15. The Labute approximate surface area is 66.9 Å². The van der Waals surface area contributed by atoms with Gasteiger partial charge in [-0.25, -0.2) is 0 Å². The molecule has 0 heterocycles. The van der Waals surface area contributed by atoms with Crippen LogP contribution in [-0.2, 0) is 9.53 Å². The van der Waals surface area contributed by atoms with E-state index in [4.69, 9.17) is 4.74 Å². The van der Waals surface area contributed by atoms with E-state index < -0.39 is 0 Å². The average Bonchev–Trinajstić information content (AvgIpc) is 2.60. The van der Waals surface area contributed by atoms with Crippen molar-refractivity contribution in [3.8, 4) is 0 Å². The zero-order valence-electron chi connectivity index (χ0n) is 6.71. The summed E-state index contributed by atoms with van der Waals surface area (Å²) in [6.45, 7) is 1.26. The maximum atomic E-state index is 10.0. The third-order valence-electron chi connectivity index (χ3n) is 3.35.